The summed E-state index contributed by atoms with van der Waals surface area (Å²) in [6.07, 6.45) is 5.45. The second kappa shape index (κ2) is 6.67. The molecule has 1 aromatic heterocycles. The van der Waals surface area contributed by atoms with Gasteiger partial charge in [0.05, 0.1) is 22.5 Å². The van der Waals surface area contributed by atoms with Crippen LogP contribution >= 0.6 is 11.6 Å². The number of hydrogen-bond acceptors (Lipinski definition) is 3. The standard InChI is InChI=1S/C16H28ClN3O/c1-5-19(6-2)16(9-7-8-10-16)15(21)14-13(17)11-18-20(14)12(3)4/h11-12,15,21H,5-10H2,1-4H3. The first-order valence-electron chi connectivity index (χ1n) is 8.14. The van der Waals surface area contributed by atoms with Crippen LogP contribution in [0.15, 0.2) is 6.20 Å². The quantitative estimate of drug-likeness (QED) is 0.868. The lowest BCUT2D eigenvalue weighted by atomic mass is 9.86. The zero-order chi connectivity index (χ0) is 15.6. The lowest BCUT2D eigenvalue weighted by molar-refractivity contribution is -0.0316. The molecule has 1 heterocycles. The molecule has 0 bridgehead atoms. The molecule has 5 heteroatoms. The summed E-state index contributed by atoms with van der Waals surface area (Å²) in [4.78, 5) is 2.40. The van der Waals surface area contributed by atoms with Crippen molar-refractivity contribution >= 4 is 11.6 Å². The highest BCUT2D eigenvalue weighted by Crippen LogP contribution is 2.46. The van der Waals surface area contributed by atoms with Crippen molar-refractivity contribution in [3.05, 3.63) is 16.9 Å². The summed E-state index contributed by atoms with van der Waals surface area (Å²) in [7, 11) is 0. The molecule has 1 aliphatic carbocycles. The molecule has 0 radical (unpaired) electrons. The van der Waals surface area contributed by atoms with Crippen LogP contribution in [0.5, 0.6) is 0 Å². The average molecular weight is 314 g/mol. The normalized spacial score (nSPS) is 19.6. The highest BCUT2D eigenvalue weighted by molar-refractivity contribution is 6.31. The molecule has 1 N–H and O–H groups in total. The molecule has 21 heavy (non-hydrogen) atoms. The minimum atomic E-state index is -0.586. The van der Waals surface area contributed by atoms with Gasteiger partial charge in [0.1, 0.15) is 6.10 Å². The minimum absolute atomic E-state index is 0.192. The Labute approximate surface area is 133 Å². The van der Waals surface area contributed by atoms with Crippen molar-refractivity contribution < 1.29 is 5.11 Å². The molecule has 4 nitrogen and oxygen atoms in total. The third-order valence-electron chi connectivity index (χ3n) is 4.91. The van der Waals surface area contributed by atoms with E-state index in [4.69, 9.17) is 11.6 Å². The Morgan fingerprint density at radius 3 is 2.38 bits per heavy atom. The molecule has 1 unspecified atom stereocenters. The van der Waals surface area contributed by atoms with Gasteiger partial charge in [-0.25, -0.2) is 0 Å². The van der Waals surface area contributed by atoms with E-state index >= 15 is 0 Å². The van der Waals surface area contributed by atoms with Gasteiger partial charge in [0, 0.05) is 6.04 Å². The van der Waals surface area contributed by atoms with Crippen molar-refractivity contribution in [3.8, 4) is 0 Å². The molecule has 0 saturated heterocycles. The molecule has 1 aromatic rings. The van der Waals surface area contributed by atoms with Crippen LogP contribution in [-0.4, -0.2) is 38.4 Å². The Morgan fingerprint density at radius 2 is 1.90 bits per heavy atom. The van der Waals surface area contributed by atoms with Gasteiger partial charge in [-0.05, 0) is 39.8 Å². The van der Waals surface area contributed by atoms with Crippen molar-refractivity contribution in [3.63, 3.8) is 0 Å². The first-order chi connectivity index (χ1) is 9.97. The maximum atomic E-state index is 11.2. The zero-order valence-corrected chi connectivity index (χ0v) is 14.4. The molecule has 1 fully saturated rings. The van der Waals surface area contributed by atoms with Gasteiger partial charge >= 0.3 is 0 Å². The summed E-state index contributed by atoms with van der Waals surface area (Å²) in [5.41, 5.74) is 0.584. The SMILES string of the molecule is CCN(CC)C1(C(O)c2c(Cl)cnn2C(C)C)CCCC1. The van der Waals surface area contributed by atoms with Gasteiger partial charge < -0.3 is 5.11 Å². The maximum absolute atomic E-state index is 11.2. The fraction of sp³-hybridized carbons (Fsp3) is 0.812. The van der Waals surface area contributed by atoms with Crippen LogP contribution in [0.2, 0.25) is 5.02 Å². The molecule has 1 saturated carbocycles. The molecule has 1 atom stereocenters. The largest absolute Gasteiger partial charge is 0.385 e. The van der Waals surface area contributed by atoms with Crippen LogP contribution in [0, 0.1) is 0 Å². The number of aromatic nitrogens is 2. The lowest BCUT2D eigenvalue weighted by Gasteiger charge is -2.44. The summed E-state index contributed by atoms with van der Waals surface area (Å²) >= 11 is 6.35. The van der Waals surface area contributed by atoms with Crippen molar-refractivity contribution in [1.29, 1.82) is 0 Å². The predicted molar refractivity (Wildman–Crippen MR) is 86.7 cm³/mol. The Balaban J connectivity index is 2.44. The van der Waals surface area contributed by atoms with Crippen LogP contribution < -0.4 is 0 Å². The molecule has 1 aliphatic rings. The molecule has 0 spiro atoms. The van der Waals surface area contributed by atoms with Gasteiger partial charge in [-0.1, -0.05) is 38.3 Å². The zero-order valence-electron chi connectivity index (χ0n) is 13.6. The van der Waals surface area contributed by atoms with Crippen LogP contribution in [0.3, 0.4) is 0 Å². The predicted octanol–water partition coefficient (Wildman–Crippen LogP) is 3.81. The third-order valence-corrected chi connectivity index (χ3v) is 5.20. The number of halogens is 1. The topological polar surface area (TPSA) is 41.3 Å². The number of rotatable bonds is 6. The number of aliphatic hydroxyl groups excluding tert-OH is 1. The summed E-state index contributed by atoms with van der Waals surface area (Å²) in [6, 6.07) is 0.192. The second-order valence-electron chi connectivity index (χ2n) is 6.30. The van der Waals surface area contributed by atoms with E-state index in [1.807, 2.05) is 4.68 Å². The van der Waals surface area contributed by atoms with E-state index in [9.17, 15) is 5.11 Å². The van der Waals surface area contributed by atoms with Crippen LogP contribution in [-0.2, 0) is 0 Å². The fourth-order valence-electron chi connectivity index (χ4n) is 3.88. The fourth-order valence-corrected chi connectivity index (χ4v) is 4.11. The van der Waals surface area contributed by atoms with Gasteiger partial charge in [-0.2, -0.15) is 5.10 Å². The van der Waals surface area contributed by atoms with Crippen molar-refractivity contribution in [2.24, 2.45) is 0 Å². The Bertz CT molecular complexity index is 462. The third kappa shape index (κ3) is 2.86. The van der Waals surface area contributed by atoms with Gasteiger partial charge in [0.2, 0.25) is 0 Å². The van der Waals surface area contributed by atoms with E-state index in [1.165, 1.54) is 12.8 Å². The van der Waals surface area contributed by atoms with E-state index in [-0.39, 0.29) is 11.6 Å². The van der Waals surface area contributed by atoms with Crippen molar-refractivity contribution in [2.45, 2.75) is 71.1 Å². The molecule has 2 rings (SSSR count). The van der Waals surface area contributed by atoms with Crippen molar-refractivity contribution in [1.82, 2.24) is 14.7 Å². The Kier molecular flexibility index (Phi) is 5.33. The summed E-state index contributed by atoms with van der Waals surface area (Å²) in [6.45, 7) is 10.4. The molecular weight excluding hydrogens is 286 g/mol. The monoisotopic (exact) mass is 313 g/mol. The number of hydrogen-bond donors (Lipinski definition) is 1. The van der Waals surface area contributed by atoms with E-state index in [1.54, 1.807) is 6.20 Å². The first-order valence-corrected chi connectivity index (χ1v) is 8.51. The smallest absolute Gasteiger partial charge is 0.115 e. The molecule has 120 valence electrons. The summed E-state index contributed by atoms with van der Waals surface area (Å²) < 4.78 is 1.87. The number of aliphatic hydroxyl groups is 1. The summed E-state index contributed by atoms with van der Waals surface area (Å²) in [5, 5.41) is 16.2. The van der Waals surface area contributed by atoms with Gasteiger partial charge in [0.15, 0.2) is 0 Å². The van der Waals surface area contributed by atoms with Crippen LogP contribution in [0.25, 0.3) is 0 Å². The molecule has 0 aliphatic heterocycles. The summed E-state index contributed by atoms with van der Waals surface area (Å²) in [5.74, 6) is 0. The second-order valence-corrected chi connectivity index (χ2v) is 6.71. The highest BCUT2D eigenvalue weighted by atomic mass is 35.5. The first kappa shape index (κ1) is 16.8. The Morgan fingerprint density at radius 1 is 1.33 bits per heavy atom. The average Bonchev–Trinajstić information content (AvgIpc) is 3.07. The van der Waals surface area contributed by atoms with Crippen LogP contribution in [0.1, 0.15) is 71.2 Å². The van der Waals surface area contributed by atoms with E-state index in [0.717, 1.165) is 31.6 Å². The molecule has 0 aromatic carbocycles. The van der Waals surface area contributed by atoms with E-state index in [2.05, 4.69) is 37.7 Å². The van der Waals surface area contributed by atoms with Gasteiger partial charge in [-0.15, -0.1) is 0 Å². The van der Waals surface area contributed by atoms with Crippen LogP contribution in [0.4, 0.5) is 0 Å². The number of nitrogens with zero attached hydrogens (tertiary/aromatic N) is 3. The highest BCUT2D eigenvalue weighted by Gasteiger charge is 2.47. The van der Waals surface area contributed by atoms with E-state index < -0.39 is 6.10 Å². The maximum Gasteiger partial charge on any atom is 0.115 e. The van der Waals surface area contributed by atoms with E-state index in [0.29, 0.717) is 5.02 Å². The minimum Gasteiger partial charge on any atom is -0.385 e. The van der Waals surface area contributed by atoms with Gasteiger partial charge in [0.25, 0.3) is 0 Å². The molecular formula is C16H28ClN3O. The number of likely N-dealkylation sites (N-methyl/N-ethyl adjacent to an activating group) is 1. The lowest BCUT2D eigenvalue weighted by Crippen LogP contribution is -2.51. The van der Waals surface area contributed by atoms with Gasteiger partial charge in [-0.3, -0.25) is 9.58 Å². The Hall–Kier alpha value is -0.580. The molecule has 0 amide bonds. The van der Waals surface area contributed by atoms with Crippen molar-refractivity contribution in [2.75, 3.05) is 13.1 Å².